The van der Waals surface area contributed by atoms with Gasteiger partial charge in [0.05, 0.1) is 55.0 Å². The van der Waals surface area contributed by atoms with Crippen LogP contribution in [0.1, 0.15) is 27.4 Å². The normalized spacial score (nSPS) is 14.0. The zero-order valence-corrected chi connectivity index (χ0v) is 31.8. The molecule has 0 spiro atoms. The number of methoxy groups -OCH3 is 2. The van der Waals surface area contributed by atoms with Gasteiger partial charge < -0.3 is 41.8 Å². The highest BCUT2D eigenvalue weighted by Crippen LogP contribution is 2.38. The van der Waals surface area contributed by atoms with Gasteiger partial charge in [-0.05, 0) is 18.6 Å². The molecule has 6 aromatic heterocycles. The molecule has 0 bridgehead atoms. The molecule has 23 nitrogen and oxygen atoms in total. The minimum absolute atomic E-state index is 0.0333. The largest absolute Gasteiger partial charge is 0.492 e. The van der Waals surface area contributed by atoms with Gasteiger partial charge in [0.2, 0.25) is 5.91 Å². The molecule has 7 N–H and O–H groups in total. The van der Waals surface area contributed by atoms with Crippen molar-refractivity contribution in [2.24, 2.45) is 20.0 Å². The van der Waals surface area contributed by atoms with Crippen LogP contribution in [0.3, 0.4) is 0 Å². The summed E-state index contributed by atoms with van der Waals surface area (Å²) >= 11 is 0. The molecule has 7 rings (SSSR count). The first kappa shape index (κ1) is 39.8. The van der Waals surface area contributed by atoms with Crippen molar-refractivity contribution >= 4 is 52.4 Å². The molecule has 0 radical (unpaired) electrons. The van der Waals surface area contributed by atoms with Crippen LogP contribution in [0.25, 0.3) is 22.5 Å². The van der Waals surface area contributed by atoms with Crippen molar-refractivity contribution in [1.29, 1.82) is 0 Å². The Bertz CT molecular complexity index is 2470. The van der Waals surface area contributed by atoms with Gasteiger partial charge in [-0.1, -0.05) is 0 Å². The third-order valence-corrected chi connectivity index (χ3v) is 8.27. The number of aromatic nitrogens is 12. The summed E-state index contributed by atoms with van der Waals surface area (Å²) in [6.07, 6.45) is 5.35. The summed E-state index contributed by atoms with van der Waals surface area (Å²) in [6, 6.07) is 6.38. The Morgan fingerprint density at radius 1 is 0.776 bits per heavy atom. The second-order valence-corrected chi connectivity index (χ2v) is 12.2. The Labute approximate surface area is 328 Å². The molecular formula is C34H37FN18O5. The van der Waals surface area contributed by atoms with Crippen molar-refractivity contribution in [3.05, 3.63) is 60.4 Å². The number of nitrogens with two attached hydrogens (primary N) is 1. The smallest absolute Gasteiger partial charge is 0.273 e. The quantitative estimate of drug-likeness (QED) is 0.102. The minimum Gasteiger partial charge on any atom is -0.492 e. The Morgan fingerprint density at radius 2 is 1.26 bits per heavy atom. The number of anilines is 6. The van der Waals surface area contributed by atoms with Crippen LogP contribution in [-0.4, -0.2) is 113 Å². The summed E-state index contributed by atoms with van der Waals surface area (Å²) in [7, 11) is 9.35. The van der Waals surface area contributed by atoms with Gasteiger partial charge in [0.15, 0.2) is 40.3 Å². The van der Waals surface area contributed by atoms with E-state index in [1.807, 2.05) is 0 Å². The lowest BCUT2D eigenvalue weighted by Gasteiger charge is -2.15. The van der Waals surface area contributed by atoms with Gasteiger partial charge in [0.25, 0.3) is 11.8 Å². The standard InChI is InChI=1S/C19H20FN9O3.C15H17N9O2/c1-21-19(31)15-12(7-14(26-27-15)25-18(30)10-6-11(10)20)24-17-16(32-3)9(4-5-22-17)13-8-23-29(2)28-13;1-17-15(25)12-9(6-11(16)21-22-12)20-14-13(26-3)8(4-5-18-14)10-7-19-24(2)23-10/h4-5,7-8,10-11H,6H2,1-3H3,(H,21,31)(H2,22,24,25,26,30);4-7H,1-3H3,(H,17,25)(H3,16,18,20,21)/t10-,11+;/m1./s1. The van der Waals surface area contributed by atoms with Gasteiger partial charge in [0, 0.05) is 52.7 Å². The number of rotatable bonds is 12. The number of carbonyl (C=O) groups excluding carboxylic acids is 3. The minimum atomic E-state index is -1.15. The number of aryl methyl sites for hydroxylation is 2. The van der Waals surface area contributed by atoms with Crippen molar-refractivity contribution in [3.63, 3.8) is 0 Å². The van der Waals surface area contributed by atoms with Gasteiger partial charge in [0.1, 0.15) is 23.4 Å². The Balaban J connectivity index is 0.000000200. The van der Waals surface area contributed by atoms with E-state index >= 15 is 0 Å². The van der Waals surface area contributed by atoms with E-state index in [-0.39, 0.29) is 40.9 Å². The molecule has 24 heteroatoms. The topological polar surface area (TPSA) is 295 Å². The van der Waals surface area contributed by atoms with Gasteiger partial charge in [-0.15, -0.1) is 20.4 Å². The van der Waals surface area contributed by atoms with E-state index in [1.165, 1.54) is 50.0 Å². The van der Waals surface area contributed by atoms with Crippen LogP contribution in [0.5, 0.6) is 11.5 Å². The fraction of sp³-hybridized carbons (Fsp3) is 0.265. The summed E-state index contributed by atoms with van der Waals surface area (Å²) in [6.45, 7) is 0. The van der Waals surface area contributed by atoms with Gasteiger partial charge in [-0.2, -0.15) is 30.0 Å². The summed E-state index contributed by atoms with van der Waals surface area (Å²) in [5.74, 6) is -0.453. The number of amides is 3. The molecule has 1 aliphatic carbocycles. The van der Waals surface area contributed by atoms with Crippen LogP contribution < -0.4 is 41.8 Å². The third kappa shape index (κ3) is 8.79. The maximum Gasteiger partial charge on any atom is 0.273 e. The first-order valence-corrected chi connectivity index (χ1v) is 17.2. The molecule has 1 fully saturated rings. The highest BCUT2D eigenvalue weighted by molar-refractivity contribution is 6.00. The van der Waals surface area contributed by atoms with Crippen LogP contribution in [-0.2, 0) is 18.9 Å². The van der Waals surface area contributed by atoms with Crippen LogP contribution >= 0.6 is 0 Å². The number of nitrogens with zero attached hydrogens (tertiary/aromatic N) is 12. The van der Waals surface area contributed by atoms with Gasteiger partial charge in [-0.3, -0.25) is 14.4 Å². The zero-order valence-electron chi connectivity index (χ0n) is 31.8. The molecule has 300 valence electrons. The maximum absolute atomic E-state index is 13.2. The summed E-state index contributed by atoms with van der Waals surface area (Å²) in [4.78, 5) is 47.8. The van der Waals surface area contributed by atoms with Gasteiger partial charge >= 0.3 is 0 Å². The Kier molecular flexibility index (Phi) is 11.8. The van der Waals surface area contributed by atoms with E-state index in [9.17, 15) is 18.8 Å². The molecular weight excluding hydrogens is 759 g/mol. The average Bonchev–Trinajstić information content (AvgIpc) is 3.55. The van der Waals surface area contributed by atoms with Crippen LogP contribution in [0.15, 0.2) is 49.1 Å². The number of nitrogens with one attached hydrogen (secondary N) is 5. The molecule has 0 saturated heterocycles. The zero-order chi connectivity index (χ0) is 41.5. The van der Waals surface area contributed by atoms with E-state index < -0.39 is 29.8 Å². The van der Waals surface area contributed by atoms with Crippen molar-refractivity contribution < 1.29 is 28.2 Å². The number of carbonyl (C=O) groups is 3. The number of halogens is 1. The fourth-order valence-electron chi connectivity index (χ4n) is 5.36. The number of hydrogen-bond donors (Lipinski definition) is 6. The lowest BCUT2D eigenvalue weighted by molar-refractivity contribution is -0.117. The molecule has 3 amide bonds. The predicted molar refractivity (Wildman–Crippen MR) is 205 cm³/mol. The fourth-order valence-corrected chi connectivity index (χ4v) is 5.36. The summed E-state index contributed by atoms with van der Waals surface area (Å²) in [5, 5.41) is 45.5. The highest BCUT2D eigenvalue weighted by atomic mass is 19.1. The van der Waals surface area contributed by atoms with Crippen molar-refractivity contribution in [2.45, 2.75) is 12.6 Å². The predicted octanol–water partition coefficient (Wildman–Crippen LogP) is 1.44. The van der Waals surface area contributed by atoms with Gasteiger partial charge in [-0.25, -0.2) is 14.4 Å². The Morgan fingerprint density at radius 3 is 1.69 bits per heavy atom. The Hall–Kier alpha value is -7.92. The maximum atomic E-state index is 13.2. The molecule has 6 aromatic rings. The number of nitrogen functional groups attached to an aromatic ring is 1. The van der Waals surface area contributed by atoms with Crippen LogP contribution in [0.2, 0.25) is 0 Å². The lowest BCUT2D eigenvalue weighted by atomic mass is 10.2. The molecule has 0 aliphatic heterocycles. The summed E-state index contributed by atoms with van der Waals surface area (Å²) in [5.41, 5.74) is 8.80. The van der Waals surface area contributed by atoms with E-state index in [0.29, 0.717) is 45.5 Å². The SMILES string of the molecule is CNC(=O)c1nnc(N)cc1Nc1nccc(-c2cnn(C)n2)c1OC.CNC(=O)c1nnc(NC(=O)[C@@H]2C[C@@H]2F)cc1Nc1nccc(-c2cnn(C)n2)c1OC. The van der Waals surface area contributed by atoms with E-state index in [4.69, 9.17) is 15.2 Å². The monoisotopic (exact) mass is 796 g/mol. The highest BCUT2D eigenvalue weighted by Gasteiger charge is 2.43. The van der Waals surface area contributed by atoms with E-state index in [1.54, 1.807) is 51.0 Å². The van der Waals surface area contributed by atoms with Crippen LogP contribution in [0, 0.1) is 5.92 Å². The second kappa shape index (κ2) is 17.3. The molecule has 1 saturated carbocycles. The van der Waals surface area contributed by atoms with E-state index in [0.717, 1.165) is 0 Å². The third-order valence-electron chi connectivity index (χ3n) is 8.27. The number of hydrogen-bond acceptors (Lipinski definition) is 18. The average molecular weight is 797 g/mol. The van der Waals surface area contributed by atoms with E-state index in [2.05, 4.69) is 77.3 Å². The molecule has 0 aromatic carbocycles. The first-order valence-electron chi connectivity index (χ1n) is 17.2. The number of ether oxygens (including phenoxy) is 2. The number of pyridine rings is 2. The first-order chi connectivity index (χ1) is 27.9. The molecule has 6 heterocycles. The second-order valence-electron chi connectivity index (χ2n) is 12.2. The van der Waals surface area contributed by atoms with Crippen molar-refractivity contribution in [1.82, 2.24) is 71.0 Å². The molecule has 58 heavy (non-hydrogen) atoms. The van der Waals surface area contributed by atoms with Crippen molar-refractivity contribution in [3.8, 4) is 34.0 Å². The molecule has 0 unspecified atom stereocenters. The molecule has 2 atom stereocenters. The number of alkyl halides is 1. The summed E-state index contributed by atoms with van der Waals surface area (Å²) < 4.78 is 24.2. The van der Waals surface area contributed by atoms with Crippen LogP contribution in [0.4, 0.5) is 39.0 Å². The molecule has 1 aliphatic rings. The van der Waals surface area contributed by atoms with Crippen molar-refractivity contribution in [2.75, 3.05) is 50.0 Å². The lowest BCUT2D eigenvalue weighted by Crippen LogP contribution is -2.23.